The van der Waals surface area contributed by atoms with E-state index in [0.29, 0.717) is 12.4 Å². The Morgan fingerprint density at radius 1 is 1.41 bits per heavy atom. The quantitative estimate of drug-likeness (QED) is 0.649. The number of aryl methyl sites for hydroxylation is 1. The Labute approximate surface area is 128 Å². The molecule has 1 amide bonds. The number of nitrogens with zero attached hydrogens (tertiary/aromatic N) is 3. The fraction of sp³-hybridized carbons (Fsp3) is 0.125. The Kier molecular flexibility index (Phi) is 5.21. The number of carbonyl (C=O) groups is 1. The molecule has 2 rings (SSSR count). The second kappa shape index (κ2) is 7.55. The molecule has 0 fully saturated rings. The van der Waals surface area contributed by atoms with Gasteiger partial charge in [0.15, 0.2) is 0 Å². The van der Waals surface area contributed by atoms with E-state index in [1.54, 1.807) is 24.7 Å². The second-order valence-corrected chi connectivity index (χ2v) is 4.58. The van der Waals surface area contributed by atoms with Crippen LogP contribution in [0, 0.1) is 18.3 Å². The monoisotopic (exact) mass is 293 g/mol. The summed E-state index contributed by atoms with van der Waals surface area (Å²) < 4.78 is 0. The molecule has 0 saturated carbocycles. The summed E-state index contributed by atoms with van der Waals surface area (Å²) in [4.78, 5) is 20.0. The number of rotatable bonds is 5. The number of anilines is 1. The fourth-order valence-electron chi connectivity index (χ4n) is 1.69. The summed E-state index contributed by atoms with van der Waals surface area (Å²) >= 11 is 0. The van der Waals surface area contributed by atoms with Crippen LogP contribution in [-0.2, 0) is 11.3 Å². The van der Waals surface area contributed by atoms with Gasteiger partial charge in [-0.05, 0) is 36.2 Å². The van der Waals surface area contributed by atoms with E-state index in [0.717, 1.165) is 11.1 Å². The van der Waals surface area contributed by atoms with Crippen LogP contribution in [0.5, 0.6) is 0 Å². The van der Waals surface area contributed by atoms with Gasteiger partial charge in [0, 0.05) is 31.3 Å². The first-order chi connectivity index (χ1) is 10.7. The van der Waals surface area contributed by atoms with Gasteiger partial charge in [0.25, 0.3) is 5.91 Å². The zero-order valence-corrected chi connectivity index (χ0v) is 12.1. The molecule has 2 aromatic rings. The number of pyridine rings is 2. The molecule has 110 valence electrons. The highest BCUT2D eigenvalue weighted by Crippen LogP contribution is 2.06. The minimum absolute atomic E-state index is 0.0211. The van der Waals surface area contributed by atoms with Crippen LogP contribution >= 0.6 is 0 Å². The predicted molar refractivity (Wildman–Crippen MR) is 82.4 cm³/mol. The smallest absolute Gasteiger partial charge is 0.263 e. The van der Waals surface area contributed by atoms with Crippen LogP contribution in [-0.4, -0.2) is 15.9 Å². The topological polar surface area (TPSA) is 90.7 Å². The summed E-state index contributed by atoms with van der Waals surface area (Å²) in [6.45, 7) is 2.25. The molecule has 0 saturated heterocycles. The number of hydrogen-bond acceptors (Lipinski definition) is 5. The van der Waals surface area contributed by atoms with Crippen molar-refractivity contribution in [3.63, 3.8) is 0 Å². The van der Waals surface area contributed by atoms with Gasteiger partial charge >= 0.3 is 0 Å². The van der Waals surface area contributed by atoms with Gasteiger partial charge in [0.2, 0.25) is 0 Å². The highest BCUT2D eigenvalue weighted by molar-refractivity contribution is 5.97. The SMILES string of the molecule is Cc1ccnc(N/C=C(/C#N)C(=O)NCc2cccnc2)c1. The third-order valence-corrected chi connectivity index (χ3v) is 2.82. The van der Waals surface area contributed by atoms with Crippen molar-refractivity contribution in [2.24, 2.45) is 0 Å². The van der Waals surface area contributed by atoms with Crippen molar-refractivity contribution in [2.45, 2.75) is 13.5 Å². The second-order valence-electron chi connectivity index (χ2n) is 4.58. The van der Waals surface area contributed by atoms with Crippen LogP contribution < -0.4 is 10.6 Å². The van der Waals surface area contributed by atoms with Crippen molar-refractivity contribution >= 4 is 11.7 Å². The molecule has 0 spiro atoms. The zero-order valence-electron chi connectivity index (χ0n) is 12.1. The maximum absolute atomic E-state index is 12.0. The summed E-state index contributed by atoms with van der Waals surface area (Å²) in [5.74, 6) is 0.124. The summed E-state index contributed by atoms with van der Waals surface area (Å²) in [6.07, 6.45) is 6.32. The van der Waals surface area contributed by atoms with Gasteiger partial charge in [-0.2, -0.15) is 5.26 Å². The normalized spacial score (nSPS) is 10.6. The largest absolute Gasteiger partial charge is 0.347 e. The number of carbonyl (C=O) groups excluding carboxylic acids is 1. The number of amides is 1. The number of nitriles is 1. The summed E-state index contributed by atoms with van der Waals surface area (Å²) in [5, 5.41) is 14.6. The van der Waals surface area contributed by atoms with Crippen LogP contribution in [0.3, 0.4) is 0 Å². The molecular formula is C16H15N5O. The highest BCUT2D eigenvalue weighted by Gasteiger charge is 2.08. The molecule has 22 heavy (non-hydrogen) atoms. The molecule has 0 aliphatic rings. The van der Waals surface area contributed by atoms with Crippen molar-refractivity contribution in [2.75, 3.05) is 5.32 Å². The van der Waals surface area contributed by atoms with E-state index in [9.17, 15) is 4.79 Å². The van der Waals surface area contributed by atoms with Crippen molar-refractivity contribution in [1.29, 1.82) is 5.26 Å². The van der Waals surface area contributed by atoms with E-state index < -0.39 is 5.91 Å². The Bertz CT molecular complexity index is 719. The lowest BCUT2D eigenvalue weighted by Crippen LogP contribution is -2.24. The van der Waals surface area contributed by atoms with E-state index in [4.69, 9.17) is 5.26 Å². The lowest BCUT2D eigenvalue weighted by Gasteiger charge is -2.05. The molecule has 0 bridgehead atoms. The molecule has 2 heterocycles. The Morgan fingerprint density at radius 2 is 2.27 bits per heavy atom. The van der Waals surface area contributed by atoms with E-state index in [1.165, 1.54) is 6.20 Å². The molecule has 6 nitrogen and oxygen atoms in total. The van der Waals surface area contributed by atoms with E-state index in [1.807, 2.05) is 31.2 Å². The molecule has 2 aromatic heterocycles. The van der Waals surface area contributed by atoms with Crippen LogP contribution in [0.25, 0.3) is 0 Å². The average Bonchev–Trinajstić information content (AvgIpc) is 2.54. The fourth-order valence-corrected chi connectivity index (χ4v) is 1.69. The van der Waals surface area contributed by atoms with Crippen LogP contribution in [0.15, 0.2) is 54.6 Å². The molecule has 2 N–H and O–H groups in total. The van der Waals surface area contributed by atoms with Gasteiger partial charge in [-0.3, -0.25) is 9.78 Å². The first-order valence-corrected chi connectivity index (χ1v) is 6.65. The number of nitrogens with one attached hydrogen (secondary N) is 2. The maximum atomic E-state index is 12.0. The van der Waals surface area contributed by atoms with Crippen molar-refractivity contribution in [1.82, 2.24) is 15.3 Å². The third-order valence-electron chi connectivity index (χ3n) is 2.82. The van der Waals surface area contributed by atoms with Gasteiger partial charge in [-0.25, -0.2) is 4.98 Å². The van der Waals surface area contributed by atoms with Gasteiger partial charge in [-0.1, -0.05) is 6.07 Å². The summed E-state index contributed by atoms with van der Waals surface area (Å²) in [7, 11) is 0. The molecular weight excluding hydrogens is 278 g/mol. The minimum atomic E-state index is -0.452. The molecule has 0 unspecified atom stereocenters. The van der Waals surface area contributed by atoms with Gasteiger partial charge in [-0.15, -0.1) is 0 Å². The molecule has 0 aliphatic carbocycles. The Morgan fingerprint density at radius 3 is 2.95 bits per heavy atom. The Balaban J connectivity index is 1.97. The molecule has 0 aromatic carbocycles. The molecule has 0 atom stereocenters. The third kappa shape index (κ3) is 4.42. The number of hydrogen-bond donors (Lipinski definition) is 2. The van der Waals surface area contributed by atoms with Crippen molar-refractivity contribution in [3.05, 3.63) is 65.8 Å². The average molecular weight is 293 g/mol. The molecule has 0 aliphatic heterocycles. The summed E-state index contributed by atoms with van der Waals surface area (Å²) in [6, 6.07) is 9.18. The Hall–Kier alpha value is -3.20. The molecule has 0 radical (unpaired) electrons. The lowest BCUT2D eigenvalue weighted by molar-refractivity contribution is -0.117. The van der Waals surface area contributed by atoms with Crippen molar-refractivity contribution in [3.8, 4) is 6.07 Å². The highest BCUT2D eigenvalue weighted by atomic mass is 16.1. The van der Waals surface area contributed by atoms with Gasteiger partial charge < -0.3 is 10.6 Å². The minimum Gasteiger partial charge on any atom is -0.347 e. The standard InChI is InChI=1S/C16H15N5O/c1-12-4-6-19-15(7-12)20-11-14(8-17)16(22)21-10-13-3-2-5-18-9-13/h2-7,9,11H,10H2,1H3,(H,19,20)(H,21,22)/b14-11-. The predicted octanol–water partition coefficient (Wildman–Crippen LogP) is 1.92. The first-order valence-electron chi connectivity index (χ1n) is 6.65. The first kappa shape index (κ1) is 15.2. The van der Waals surface area contributed by atoms with Crippen molar-refractivity contribution < 1.29 is 4.79 Å². The number of aromatic nitrogens is 2. The summed E-state index contributed by atoms with van der Waals surface area (Å²) in [5.41, 5.74) is 1.87. The van der Waals surface area contributed by atoms with E-state index >= 15 is 0 Å². The van der Waals surface area contributed by atoms with Crippen LogP contribution in [0.2, 0.25) is 0 Å². The van der Waals surface area contributed by atoms with E-state index in [2.05, 4.69) is 20.6 Å². The van der Waals surface area contributed by atoms with Gasteiger partial charge in [0.05, 0.1) is 0 Å². The van der Waals surface area contributed by atoms with E-state index in [-0.39, 0.29) is 5.57 Å². The van der Waals surface area contributed by atoms with Gasteiger partial charge in [0.1, 0.15) is 17.5 Å². The molecule has 6 heteroatoms. The maximum Gasteiger partial charge on any atom is 0.263 e. The lowest BCUT2D eigenvalue weighted by atomic mass is 10.2. The zero-order chi connectivity index (χ0) is 15.8. The van der Waals surface area contributed by atoms with Crippen LogP contribution in [0.4, 0.5) is 5.82 Å². The van der Waals surface area contributed by atoms with Crippen LogP contribution in [0.1, 0.15) is 11.1 Å².